The molecule has 0 saturated carbocycles. The number of likely N-dealkylation sites (N-methyl/N-ethyl adjacent to an activating group) is 1. The van der Waals surface area contributed by atoms with Crippen LogP contribution in [-0.4, -0.2) is 42.5 Å². The monoisotopic (exact) mass is 506 g/mol. The Balaban J connectivity index is 1.73. The highest BCUT2D eigenvalue weighted by Crippen LogP contribution is 2.23. The van der Waals surface area contributed by atoms with Crippen LogP contribution in [0.2, 0.25) is 0 Å². The first kappa shape index (κ1) is 26.1. The minimum absolute atomic E-state index is 0.0831. The van der Waals surface area contributed by atoms with Gasteiger partial charge < -0.3 is 15.0 Å². The Morgan fingerprint density at radius 2 is 1.50 bits per heavy atom. The van der Waals surface area contributed by atoms with Gasteiger partial charge in [0.05, 0.1) is 12.3 Å². The third-order valence-corrected chi connectivity index (χ3v) is 4.60. The number of ether oxygens (including phenoxy) is 1. The summed E-state index contributed by atoms with van der Waals surface area (Å²) in [7, 11) is 1.42. The summed E-state index contributed by atoms with van der Waals surface area (Å²) in [5.74, 6) is -2.18. The van der Waals surface area contributed by atoms with Gasteiger partial charge in [-0.05, 0) is 54.6 Å². The van der Waals surface area contributed by atoms with E-state index in [2.05, 4.69) is 20.6 Å². The number of amides is 3. The summed E-state index contributed by atoms with van der Waals surface area (Å²) in [6, 6.07) is 13.9. The normalized spacial score (nSPS) is 11.6. The summed E-state index contributed by atoms with van der Waals surface area (Å²) >= 11 is 0. The Morgan fingerprint density at radius 3 is 2.08 bits per heavy atom. The molecule has 2 N–H and O–H groups in total. The highest BCUT2D eigenvalue weighted by atomic mass is 19.4. The fourth-order valence-corrected chi connectivity index (χ4v) is 3.01. The number of nitrogens with zero attached hydrogens (tertiary/aromatic N) is 2. The molecule has 3 rings (SSSR count). The quantitative estimate of drug-likeness (QED) is 0.264. The zero-order valence-corrected chi connectivity index (χ0v) is 18.6. The van der Waals surface area contributed by atoms with Crippen molar-refractivity contribution in [2.75, 3.05) is 18.9 Å². The Hall–Kier alpha value is -4.48. The second-order valence-electron chi connectivity index (χ2n) is 7.38. The number of rotatable bonds is 7. The summed E-state index contributed by atoms with van der Waals surface area (Å²) in [5.41, 5.74) is 2.80. The number of carbonyl (C=O) groups is 2. The lowest BCUT2D eigenvalue weighted by Gasteiger charge is -2.19. The van der Waals surface area contributed by atoms with Gasteiger partial charge in [-0.15, -0.1) is 13.2 Å². The average molecular weight is 506 g/mol. The molecule has 0 spiro atoms. The van der Waals surface area contributed by atoms with E-state index in [0.29, 0.717) is 0 Å². The maximum Gasteiger partial charge on any atom is 0.573 e. The van der Waals surface area contributed by atoms with Crippen LogP contribution < -0.4 is 15.5 Å². The number of hydrogen-bond donors (Lipinski definition) is 2. The fourth-order valence-electron chi connectivity index (χ4n) is 3.01. The Kier molecular flexibility index (Phi) is 8.20. The SMILES string of the molecule is CN(C/C(=N/NC(=O)Nc1ccc(OC(F)(F)F)cc1)c1cccc(F)c1)C(=O)c1cccc(F)c1. The van der Waals surface area contributed by atoms with E-state index in [1.807, 2.05) is 0 Å². The maximum absolute atomic E-state index is 13.8. The van der Waals surface area contributed by atoms with Crippen LogP contribution in [-0.2, 0) is 0 Å². The minimum Gasteiger partial charge on any atom is -0.406 e. The summed E-state index contributed by atoms with van der Waals surface area (Å²) in [5, 5.41) is 6.35. The summed E-state index contributed by atoms with van der Waals surface area (Å²) in [6.45, 7) is -0.178. The third kappa shape index (κ3) is 7.79. The predicted octanol–water partition coefficient (Wildman–Crippen LogP) is 5.16. The Labute approximate surface area is 202 Å². The molecule has 3 aromatic carbocycles. The maximum atomic E-state index is 13.8. The number of anilines is 1. The molecule has 0 bridgehead atoms. The van der Waals surface area contributed by atoms with Gasteiger partial charge in [-0.25, -0.2) is 19.0 Å². The van der Waals surface area contributed by atoms with Gasteiger partial charge in [0.1, 0.15) is 17.4 Å². The van der Waals surface area contributed by atoms with Crippen LogP contribution in [0.4, 0.5) is 32.4 Å². The highest BCUT2D eigenvalue weighted by Gasteiger charge is 2.31. The molecule has 7 nitrogen and oxygen atoms in total. The van der Waals surface area contributed by atoms with E-state index >= 15 is 0 Å². The Bertz CT molecular complexity index is 1260. The van der Waals surface area contributed by atoms with Gasteiger partial charge in [-0.3, -0.25) is 4.79 Å². The summed E-state index contributed by atoms with van der Waals surface area (Å²) < 4.78 is 67.9. The summed E-state index contributed by atoms with van der Waals surface area (Å²) in [6.07, 6.45) is -4.85. The number of carbonyl (C=O) groups excluding carboxylic acids is 2. The molecule has 0 heterocycles. The van der Waals surface area contributed by atoms with Crippen LogP contribution in [0.15, 0.2) is 77.9 Å². The van der Waals surface area contributed by atoms with Crippen molar-refractivity contribution in [1.82, 2.24) is 10.3 Å². The van der Waals surface area contributed by atoms with Crippen molar-refractivity contribution < 1.29 is 36.3 Å². The largest absolute Gasteiger partial charge is 0.573 e. The molecule has 0 aliphatic heterocycles. The molecule has 0 aromatic heterocycles. The topological polar surface area (TPSA) is 83.0 Å². The average Bonchev–Trinajstić information content (AvgIpc) is 2.81. The van der Waals surface area contributed by atoms with Crippen molar-refractivity contribution in [3.05, 3.63) is 95.6 Å². The van der Waals surface area contributed by atoms with E-state index in [1.54, 1.807) is 0 Å². The molecule has 3 amide bonds. The first-order valence-electron chi connectivity index (χ1n) is 10.3. The Morgan fingerprint density at radius 1 is 0.917 bits per heavy atom. The number of alkyl halides is 3. The molecule has 0 atom stereocenters. The molecular weight excluding hydrogens is 487 g/mol. The van der Waals surface area contributed by atoms with Crippen LogP contribution in [0, 0.1) is 11.6 Å². The van der Waals surface area contributed by atoms with Crippen molar-refractivity contribution >= 4 is 23.3 Å². The molecule has 0 saturated heterocycles. The van der Waals surface area contributed by atoms with Crippen molar-refractivity contribution in [3.63, 3.8) is 0 Å². The molecule has 3 aromatic rings. The lowest BCUT2D eigenvalue weighted by atomic mass is 10.1. The van der Waals surface area contributed by atoms with E-state index in [1.165, 1.54) is 60.5 Å². The zero-order valence-electron chi connectivity index (χ0n) is 18.6. The number of hydrogen-bond acceptors (Lipinski definition) is 4. The van der Waals surface area contributed by atoms with E-state index in [0.717, 1.165) is 24.3 Å². The second-order valence-corrected chi connectivity index (χ2v) is 7.38. The lowest BCUT2D eigenvalue weighted by Crippen LogP contribution is -2.34. The highest BCUT2D eigenvalue weighted by molar-refractivity contribution is 6.05. The number of halogens is 5. The number of benzene rings is 3. The molecular formula is C24H19F5N4O3. The molecule has 0 radical (unpaired) electrons. The number of nitrogens with one attached hydrogen (secondary N) is 2. The second kappa shape index (κ2) is 11.3. The molecule has 0 aliphatic carbocycles. The molecule has 36 heavy (non-hydrogen) atoms. The number of hydrazone groups is 1. The minimum atomic E-state index is -4.85. The molecule has 0 unspecified atom stereocenters. The van der Waals surface area contributed by atoms with Crippen LogP contribution in [0.5, 0.6) is 5.75 Å². The van der Waals surface area contributed by atoms with Crippen molar-refractivity contribution in [2.45, 2.75) is 6.36 Å². The fraction of sp³-hybridized carbons (Fsp3) is 0.125. The first-order valence-corrected chi connectivity index (χ1v) is 10.3. The zero-order chi connectivity index (χ0) is 26.3. The van der Waals surface area contributed by atoms with Crippen LogP contribution in [0.25, 0.3) is 0 Å². The van der Waals surface area contributed by atoms with Crippen molar-refractivity contribution in [1.29, 1.82) is 0 Å². The lowest BCUT2D eigenvalue weighted by molar-refractivity contribution is -0.274. The molecule has 188 valence electrons. The van der Waals surface area contributed by atoms with Gasteiger partial charge in [0.2, 0.25) is 0 Å². The van der Waals surface area contributed by atoms with Gasteiger partial charge in [0, 0.05) is 23.9 Å². The summed E-state index contributed by atoms with van der Waals surface area (Å²) in [4.78, 5) is 26.2. The van der Waals surface area contributed by atoms with Gasteiger partial charge in [-0.2, -0.15) is 5.10 Å². The van der Waals surface area contributed by atoms with E-state index < -0.39 is 35.7 Å². The van der Waals surface area contributed by atoms with E-state index in [9.17, 15) is 31.5 Å². The predicted molar refractivity (Wildman–Crippen MR) is 122 cm³/mol. The van der Waals surface area contributed by atoms with Gasteiger partial charge >= 0.3 is 12.4 Å². The molecule has 12 heteroatoms. The van der Waals surface area contributed by atoms with Crippen molar-refractivity contribution in [2.24, 2.45) is 5.10 Å². The molecule has 0 aliphatic rings. The van der Waals surface area contributed by atoms with E-state index in [-0.39, 0.29) is 29.1 Å². The third-order valence-electron chi connectivity index (χ3n) is 4.60. The van der Waals surface area contributed by atoms with Crippen LogP contribution in [0.3, 0.4) is 0 Å². The standard InChI is InChI=1S/C24H19F5N4O3/c1-33(22(34)16-5-3-7-18(26)13-16)14-21(15-4-2-6-17(25)12-15)31-32-23(35)30-19-8-10-20(11-9-19)36-24(27,28)29/h2-13H,14H2,1H3,(H2,30,32,35)/b31-21-. The number of urea groups is 1. The first-order chi connectivity index (χ1) is 17.0. The van der Waals surface area contributed by atoms with Gasteiger partial charge in [0.25, 0.3) is 5.91 Å². The van der Waals surface area contributed by atoms with Crippen LogP contribution >= 0.6 is 0 Å². The van der Waals surface area contributed by atoms with Gasteiger partial charge in [0.15, 0.2) is 0 Å². The van der Waals surface area contributed by atoms with Crippen LogP contribution in [0.1, 0.15) is 15.9 Å². The molecule has 0 fully saturated rings. The van der Waals surface area contributed by atoms with Crippen molar-refractivity contribution in [3.8, 4) is 5.75 Å². The van der Waals surface area contributed by atoms with E-state index in [4.69, 9.17) is 0 Å². The van der Waals surface area contributed by atoms with Gasteiger partial charge in [-0.1, -0.05) is 18.2 Å². The smallest absolute Gasteiger partial charge is 0.406 e.